The molecule has 7 nitrogen and oxygen atoms in total. The summed E-state index contributed by atoms with van der Waals surface area (Å²) in [5.74, 6) is -0.508. The van der Waals surface area contributed by atoms with Gasteiger partial charge in [-0.1, -0.05) is 33.8 Å². The quantitative estimate of drug-likeness (QED) is 0.227. The van der Waals surface area contributed by atoms with Gasteiger partial charge in [0.1, 0.15) is 5.75 Å². The van der Waals surface area contributed by atoms with Gasteiger partial charge in [0.2, 0.25) is 5.91 Å². The Morgan fingerprint density at radius 2 is 1.90 bits per heavy atom. The van der Waals surface area contributed by atoms with Crippen LogP contribution in [0.25, 0.3) is 0 Å². The summed E-state index contributed by atoms with van der Waals surface area (Å²) < 4.78 is 56.7. The molecule has 5 atom stereocenters. The Kier molecular flexibility index (Phi) is 14.2. The fraction of sp³-hybridized carbons (Fsp3) is 0.767. The van der Waals surface area contributed by atoms with Gasteiger partial charge in [0, 0.05) is 45.2 Å². The number of aliphatic hydroxyl groups excluding tert-OH is 1. The molecule has 40 heavy (non-hydrogen) atoms. The summed E-state index contributed by atoms with van der Waals surface area (Å²) in [5.41, 5.74) is 6.36. The third-order valence-corrected chi connectivity index (χ3v) is 7.78. The predicted octanol–water partition coefficient (Wildman–Crippen LogP) is 4.97. The van der Waals surface area contributed by atoms with Crippen molar-refractivity contribution in [3.05, 3.63) is 29.3 Å². The summed E-state index contributed by atoms with van der Waals surface area (Å²) >= 11 is 0. The van der Waals surface area contributed by atoms with Gasteiger partial charge in [0.25, 0.3) is 0 Å². The fourth-order valence-corrected chi connectivity index (χ4v) is 5.10. The van der Waals surface area contributed by atoms with Gasteiger partial charge in [0.15, 0.2) is 0 Å². The number of methoxy groups -OCH3 is 1. The average Bonchev–Trinajstić information content (AvgIpc) is 3.40. The van der Waals surface area contributed by atoms with E-state index in [-0.39, 0.29) is 48.5 Å². The molecule has 0 aliphatic carbocycles. The predicted molar refractivity (Wildman–Crippen MR) is 149 cm³/mol. The summed E-state index contributed by atoms with van der Waals surface area (Å²) in [6.07, 6.45) is -1.80. The Bertz CT molecular complexity index is 891. The van der Waals surface area contributed by atoms with Crippen molar-refractivity contribution in [1.82, 2.24) is 5.32 Å². The van der Waals surface area contributed by atoms with Crippen LogP contribution in [0.5, 0.6) is 5.75 Å². The largest absolute Gasteiger partial charge is 0.493 e. The van der Waals surface area contributed by atoms with Crippen LogP contribution in [0.2, 0.25) is 0 Å². The van der Waals surface area contributed by atoms with Crippen LogP contribution in [0.3, 0.4) is 0 Å². The third kappa shape index (κ3) is 11.2. The van der Waals surface area contributed by atoms with Crippen LogP contribution in [-0.2, 0) is 26.9 Å². The number of alkyl halides is 3. The molecule has 0 radical (unpaired) electrons. The molecule has 0 saturated carbocycles. The number of nitrogens with two attached hydrogens (primary N) is 1. The smallest absolute Gasteiger partial charge is 0.419 e. The molecule has 1 aromatic rings. The van der Waals surface area contributed by atoms with Crippen molar-refractivity contribution in [2.24, 2.45) is 29.4 Å². The summed E-state index contributed by atoms with van der Waals surface area (Å²) in [6.45, 7) is 9.65. The maximum absolute atomic E-state index is 13.6. The van der Waals surface area contributed by atoms with Gasteiger partial charge in [0.05, 0.1) is 24.4 Å². The zero-order valence-electron chi connectivity index (χ0n) is 24.6. The van der Waals surface area contributed by atoms with Crippen molar-refractivity contribution in [2.45, 2.75) is 90.6 Å². The van der Waals surface area contributed by atoms with Crippen LogP contribution in [0.4, 0.5) is 13.2 Å². The van der Waals surface area contributed by atoms with E-state index in [1.54, 1.807) is 0 Å². The number of ether oxygens (including phenoxy) is 3. The van der Waals surface area contributed by atoms with E-state index in [9.17, 15) is 23.1 Å². The summed E-state index contributed by atoms with van der Waals surface area (Å²) in [6, 6.07) is 3.42. The second kappa shape index (κ2) is 16.5. The van der Waals surface area contributed by atoms with Gasteiger partial charge >= 0.3 is 6.18 Å². The lowest BCUT2D eigenvalue weighted by Gasteiger charge is -2.30. The summed E-state index contributed by atoms with van der Waals surface area (Å²) in [5, 5.41) is 14.0. The highest BCUT2D eigenvalue weighted by atomic mass is 19.4. The Morgan fingerprint density at radius 1 is 1.18 bits per heavy atom. The highest BCUT2D eigenvalue weighted by molar-refractivity contribution is 5.78. The van der Waals surface area contributed by atoms with Gasteiger partial charge in [-0.05, 0) is 67.6 Å². The minimum Gasteiger partial charge on any atom is -0.493 e. The lowest BCUT2D eigenvalue weighted by atomic mass is 9.80. The number of hydrogen-bond acceptors (Lipinski definition) is 6. The number of carbonyl (C=O) groups excluding carboxylic acids is 1. The van der Waals surface area contributed by atoms with E-state index in [4.69, 9.17) is 19.9 Å². The first-order valence-electron chi connectivity index (χ1n) is 14.5. The van der Waals surface area contributed by atoms with Crippen LogP contribution in [0.15, 0.2) is 18.2 Å². The van der Waals surface area contributed by atoms with Crippen molar-refractivity contribution < 1.29 is 37.3 Å². The van der Waals surface area contributed by atoms with Gasteiger partial charge in [-0.3, -0.25) is 4.79 Å². The molecule has 1 aliphatic rings. The first kappa shape index (κ1) is 34.3. The van der Waals surface area contributed by atoms with E-state index >= 15 is 0 Å². The zero-order valence-corrected chi connectivity index (χ0v) is 24.6. The van der Waals surface area contributed by atoms with Crippen LogP contribution >= 0.6 is 0 Å². The molecule has 0 aromatic heterocycles. The number of benzene rings is 1. The summed E-state index contributed by atoms with van der Waals surface area (Å²) in [4.78, 5) is 12.9. The van der Waals surface area contributed by atoms with Crippen LogP contribution in [-0.4, -0.2) is 62.7 Å². The molecule has 10 heteroatoms. The van der Waals surface area contributed by atoms with E-state index in [1.165, 1.54) is 19.2 Å². The van der Waals surface area contributed by atoms with E-state index in [2.05, 4.69) is 5.32 Å². The lowest BCUT2D eigenvalue weighted by Crippen LogP contribution is -2.43. The Balaban J connectivity index is 2.04. The number of aliphatic hydroxyl groups is 1. The monoisotopic (exact) mass is 574 g/mol. The van der Waals surface area contributed by atoms with E-state index in [1.807, 2.05) is 27.7 Å². The minimum absolute atomic E-state index is 0.00794. The number of amides is 1. The number of halogens is 3. The molecule has 2 rings (SSSR count). The molecule has 1 fully saturated rings. The maximum Gasteiger partial charge on any atom is 0.419 e. The molecule has 1 amide bonds. The lowest BCUT2D eigenvalue weighted by molar-refractivity contribution is -0.139. The molecule has 4 unspecified atom stereocenters. The van der Waals surface area contributed by atoms with Gasteiger partial charge in [-0.15, -0.1) is 0 Å². The highest BCUT2D eigenvalue weighted by Crippen LogP contribution is 2.38. The third-order valence-electron chi connectivity index (χ3n) is 7.78. The first-order chi connectivity index (χ1) is 18.8. The van der Waals surface area contributed by atoms with Gasteiger partial charge < -0.3 is 30.4 Å². The van der Waals surface area contributed by atoms with Crippen molar-refractivity contribution in [3.8, 4) is 5.75 Å². The van der Waals surface area contributed by atoms with Gasteiger partial charge in [-0.25, -0.2) is 0 Å². The molecule has 1 saturated heterocycles. The Labute approximate surface area is 237 Å². The second-order valence-electron chi connectivity index (χ2n) is 11.7. The van der Waals surface area contributed by atoms with Crippen molar-refractivity contribution >= 4 is 5.91 Å². The minimum atomic E-state index is -4.53. The molecule has 1 heterocycles. The molecular formula is C30H49F3N2O5. The van der Waals surface area contributed by atoms with Crippen molar-refractivity contribution in [3.63, 3.8) is 0 Å². The Hall–Kier alpha value is -1.88. The molecule has 230 valence electrons. The molecule has 0 spiro atoms. The second-order valence-corrected chi connectivity index (χ2v) is 11.7. The normalized spacial score (nSPS) is 19.1. The SMILES string of the molecule is COCCCOc1cc(CC(CC(N)C(O)CC(C(=O)NC[C@@H]2CCCO2)C(C)C)C(C)C)ccc1C(F)(F)F. The van der Waals surface area contributed by atoms with Crippen LogP contribution in [0.1, 0.15) is 70.9 Å². The molecular weight excluding hydrogens is 525 g/mol. The summed E-state index contributed by atoms with van der Waals surface area (Å²) in [7, 11) is 1.53. The number of carbonyl (C=O) groups is 1. The molecule has 0 bridgehead atoms. The highest BCUT2D eigenvalue weighted by Gasteiger charge is 2.35. The van der Waals surface area contributed by atoms with Gasteiger partial charge in [-0.2, -0.15) is 13.2 Å². The number of hydrogen-bond donors (Lipinski definition) is 3. The topological polar surface area (TPSA) is 103 Å². The van der Waals surface area contributed by atoms with Crippen LogP contribution in [0, 0.1) is 23.7 Å². The zero-order chi connectivity index (χ0) is 29.9. The maximum atomic E-state index is 13.6. The van der Waals surface area contributed by atoms with Crippen molar-refractivity contribution in [2.75, 3.05) is 33.5 Å². The van der Waals surface area contributed by atoms with E-state index < -0.39 is 29.8 Å². The number of rotatable bonds is 17. The van der Waals surface area contributed by atoms with Crippen molar-refractivity contribution in [1.29, 1.82) is 0 Å². The Morgan fingerprint density at radius 3 is 2.48 bits per heavy atom. The average molecular weight is 575 g/mol. The fourth-order valence-electron chi connectivity index (χ4n) is 5.10. The first-order valence-corrected chi connectivity index (χ1v) is 14.5. The number of nitrogens with one attached hydrogen (secondary N) is 1. The van der Waals surface area contributed by atoms with Crippen LogP contribution < -0.4 is 15.8 Å². The standard InChI is InChI=1S/C30H49F3N2O5/c1-19(2)22(14-21-9-10-25(30(31,32)33)28(15-21)40-13-7-11-38-5)16-26(34)27(36)17-24(20(3)4)29(37)35-18-23-8-6-12-39-23/h9-10,15,19-20,22-24,26-27,36H,6-8,11-14,16-18,34H2,1-5H3,(H,35,37)/t22?,23-,24?,26?,27?/m0/s1. The molecule has 4 N–H and O–H groups in total. The molecule has 1 aliphatic heterocycles. The molecule has 1 aromatic carbocycles. The van der Waals surface area contributed by atoms with E-state index in [0.717, 1.165) is 18.9 Å². The van der Waals surface area contributed by atoms with E-state index in [0.29, 0.717) is 44.6 Å².